The Morgan fingerprint density at radius 2 is 1.39 bits per heavy atom. The maximum Gasteiger partial charge on any atom is 0.229 e. The SMILES string of the molecule is COc1ccc(C2=COc3ccc(O[C@H]4O[C@@H](CO[C@@H]5O[C@H](C)[C@H](O)[C@@H](O)[C@@H]5O)[C@H](O)[C@@H](O)[C@@H]4O)cc3[C@@H]2O)cc1. The highest BCUT2D eigenvalue weighted by atomic mass is 16.7. The molecule has 0 unspecified atom stereocenters. The molecule has 0 spiro atoms. The Morgan fingerprint density at radius 3 is 2.10 bits per heavy atom. The lowest BCUT2D eigenvalue weighted by molar-refractivity contribution is -0.318. The highest BCUT2D eigenvalue weighted by Gasteiger charge is 2.47. The second-order valence-corrected chi connectivity index (χ2v) is 10.2. The molecule has 2 aromatic carbocycles. The fourth-order valence-corrected chi connectivity index (χ4v) is 4.92. The zero-order valence-corrected chi connectivity index (χ0v) is 22.3. The lowest BCUT2D eigenvalue weighted by atomic mass is 9.94. The molecule has 41 heavy (non-hydrogen) atoms. The standard InChI is InChI=1S/C28H34O13/c1-12-20(29)23(32)25(34)27(39-12)38-11-19-22(31)24(33)26(35)28(41-19)40-15-7-8-18-16(9-15)21(30)17(10-37-18)13-3-5-14(36-2)6-4-13/h3-10,12,19-35H,11H2,1-2H3/t12-,19+,20+,21+,22+,23-,24-,25+,26+,27-,28+/m1/s1. The molecule has 3 aliphatic heterocycles. The lowest BCUT2D eigenvalue weighted by Crippen LogP contribution is -2.61. The van der Waals surface area contributed by atoms with E-state index < -0.39 is 74.1 Å². The van der Waals surface area contributed by atoms with Crippen LogP contribution in [0.2, 0.25) is 0 Å². The second-order valence-electron chi connectivity index (χ2n) is 10.2. The first-order chi connectivity index (χ1) is 19.6. The normalized spacial score (nSPS) is 37.0. The van der Waals surface area contributed by atoms with Crippen LogP contribution >= 0.6 is 0 Å². The third-order valence-corrected chi connectivity index (χ3v) is 7.46. The molecule has 3 heterocycles. The van der Waals surface area contributed by atoms with Gasteiger partial charge in [0.25, 0.3) is 0 Å². The van der Waals surface area contributed by atoms with Gasteiger partial charge >= 0.3 is 0 Å². The van der Waals surface area contributed by atoms with Crippen molar-refractivity contribution in [2.24, 2.45) is 0 Å². The van der Waals surface area contributed by atoms with Crippen LogP contribution in [0.3, 0.4) is 0 Å². The molecule has 13 nitrogen and oxygen atoms in total. The van der Waals surface area contributed by atoms with Crippen LogP contribution in [0.1, 0.15) is 24.2 Å². The minimum absolute atomic E-state index is 0.173. The van der Waals surface area contributed by atoms with Gasteiger partial charge in [-0.05, 0) is 42.8 Å². The van der Waals surface area contributed by atoms with Crippen molar-refractivity contribution in [3.8, 4) is 17.2 Å². The van der Waals surface area contributed by atoms with E-state index in [1.807, 2.05) is 0 Å². The van der Waals surface area contributed by atoms with E-state index in [1.165, 1.54) is 25.3 Å². The Balaban J connectivity index is 1.27. The summed E-state index contributed by atoms with van der Waals surface area (Å²) in [6.45, 7) is 1.07. The van der Waals surface area contributed by atoms with Gasteiger partial charge in [0, 0.05) is 11.1 Å². The van der Waals surface area contributed by atoms with E-state index in [2.05, 4.69) is 0 Å². The predicted molar refractivity (Wildman–Crippen MR) is 139 cm³/mol. The van der Waals surface area contributed by atoms with Gasteiger partial charge in [0.2, 0.25) is 6.29 Å². The van der Waals surface area contributed by atoms with Crippen molar-refractivity contribution >= 4 is 5.57 Å². The van der Waals surface area contributed by atoms with Gasteiger partial charge in [-0.2, -0.15) is 0 Å². The van der Waals surface area contributed by atoms with Gasteiger partial charge in [0.05, 0.1) is 26.1 Å². The van der Waals surface area contributed by atoms with Crippen molar-refractivity contribution in [2.45, 2.75) is 74.4 Å². The number of rotatable bonds is 7. The zero-order chi connectivity index (χ0) is 29.4. The Labute approximate surface area is 235 Å². The highest BCUT2D eigenvalue weighted by Crippen LogP contribution is 2.41. The molecule has 2 saturated heterocycles. The Bertz CT molecular complexity index is 1220. The number of fused-ring (bicyclic) bond motifs is 1. The number of hydrogen-bond donors (Lipinski definition) is 7. The van der Waals surface area contributed by atoms with Gasteiger partial charge in [-0.15, -0.1) is 0 Å². The van der Waals surface area contributed by atoms with Crippen LogP contribution in [-0.4, -0.2) is 111 Å². The number of hydrogen-bond acceptors (Lipinski definition) is 13. The van der Waals surface area contributed by atoms with E-state index in [4.69, 9.17) is 28.4 Å². The van der Waals surface area contributed by atoms with E-state index in [-0.39, 0.29) is 5.75 Å². The fourth-order valence-electron chi connectivity index (χ4n) is 4.92. The maximum absolute atomic E-state index is 11.1. The van der Waals surface area contributed by atoms with Crippen LogP contribution in [0.25, 0.3) is 5.57 Å². The first-order valence-corrected chi connectivity index (χ1v) is 13.1. The lowest BCUT2D eigenvalue weighted by Gasteiger charge is -2.42. The molecule has 2 fully saturated rings. The van der Waals surface area contributed by atoms with Crippen molar-refractivity contribution in [1.82, 2.24) is 0 Å². The first kappa shape index (κ1) is 29.7. The maximum atomic E-state index is 11.1. The Morgan fingerprint density at radius 1 is 0.732 bits per heavy atom. The first-order valence-electron chi connectivity index (χ1n) is 13.1. The van der Waals surface area contributed by atoms with Crippen molar-refractivity contribution < 1.29 is 64.2 Å². The molecule has 0 radical (unpaired) electrons. The Hall–Kier alpha value is -2.82. The molecule has 13 heteroatoms. The zero-order valence-electron chi connectivity index (χ0n) is 22.3. The average molecular weight is 579 g/mol. The molecule has 224 valence electrons. The molecule has 3 aliphatic rings. The van der Waals surface area contributed by atoms with E-state index in [9.17, 15) is 35.7 Å². The van der Waals surface area contributed by atoms with Crippen LogP contribution in [0.15, 0.2) is 48.7 Å². The molecular formula is C28H34O13. The van der Waals surface area contributed by atoms with Gasteiger partial charge in [-0.1, -0.05) is 12.1 Å². The quantitative estimate of drug-likeness (QED) is 0.216. The van der Waals surface area contributed by atoms with Gasteiger partial charge in [-0.3, -0.25) is 0 Å². The average Bonchev–Trinajstić information content (AvgIpc) is 2.98. The van der Waals surface area contributed by atoms with Crippen molar-refractivity contribution in [2.75, 3.05) is 13.7 Å². The number of benzene rings is 2. The minimum Gasteiger partial charge on any atom is -0.497 e. The number of methoxy groups -OCH3 is 1. The molecule has 0 aromatic heterocycles. The summed E-state index contributed by atoms with van der Waals surface area (Å²) in [4.78, 5) is 0. The van der Waals surface area contributed by atoms with Crippen LogP contribution in [0.5, 0.6) is 17.2 Å². The van der Waals surface area contributed by atoms with Gasteiger partial charge in [0.1, 0.15) is 66.1 Å². The largest absolute Gasteiger partial charge is 0.497 e. The summed E-state index contributed by atoms with van der Waals surface area (Å²) in [6.07, 6.45) is -13.8. The number of aliphatic hydroxyl groups is 7. The monoisotopic (exact) mass is 578 g/mol. The third-order valence-electron chi connectivity index (χ3n) is 7.46. The van der Waals surface area contributed by atoms with E-state index in [1.54, 1.807) is 37.4 Å². The fraction of sp³-hybridized carbons (Fsp3) is 0.500. The van der Waals surface area contributed by atoms with Crippen molar-refractivity contribution in [1.29, 1.82) is 0 Å². The van der Waals surface area contributed by atoms with Crippen molar-refractivity contribution in [3.63, 3.8) is 0 Å². The van der Waals surface area contributed by atoms with Crippen LogP contribution in [0, 0.1) is 0 Å². The van der Waals surface area contributed by atoms with Crippen molar-refractivity contribution in [3.05, 3.63) is 59.9 Å². The molecule has 0 amide bonds. The van der Waals surface area contributed by atoms with E-state index in [0.717, 1.165) is 0 Å². The molecular weight excluding hydrogens is 544 g/mol. The summed E-state index contributed by atoms with van der Waals surface area (Å²) >= 11 is 0. The topological polar surface area (TPSA) is 197 Å². The molecule has 0 saturated carbocycles. The van der Waals surface area contributed by atoms with Gasteiger partial charge in [0.15, 0.2) is 6.29 Å². The minimum atomic E-state index is -1.68. The smallest absolute Gasteiger partial charge is 0.229 e. The van der Waals surface area contributed by atoms with Gasteiger partial charge < -0.3 is 64.2 Å². The van der Waals surface area contributed by atoms with Crippen LogP contribution in [0.4, 0.5) is 0 Å². The highest BCUT2D eigenvalue weighted by molar-refractivity contribution is 5.73. The predicted octanol–water partition coefficient (Wildman–Crippen LogP) is -0.807. The molecule has 0 bridgehead atoms. The number of aliphatic hydroxyl groups excluding tert-OH is 7. The molecule has 2 aromatic rings. The molecule has 0 aliphatic carbocycles. The molecule has 11 atom stereocenters. The number of ether oxygens (including phenoxy) is 6. The third kappa shape index (κ3) is 5.92. The summed E-state index contributed by atoms with van der Waals surface area (Å²) in [5.41, 5.74) is 1.60. The summed E-state index contributed by atoms with van der Waals surface area (Å²) < 4.78 is 33.3. The van der Waals surface area contributed by atoms with Gasteiger partial charge in [-0.25, -0.2) is 0 Å². The Kier molecular flexibility index (Phi) is 8.82. The molecule has 5 rings (SSSR count). The van der Waals surface area contributed by atoms with E-state index in [0.29, 0.717) is 28.2 Å². The summed E-state index contributed by atoms with van der Waals surface area (Å²) in [5, 5.41) is 72.6. The van der Waals surface area contributed by atoms with Crippen LogP contribution < -0.4 is 14.2 Å². The van der Waals surface area contributed by atoms with Crippen LogP contribution in [-0.2, 0) is 14.2 Å². The van der Waals surface area contributed by atoms with E-state index >= 15 is 0 Å². The molecule has 7 N–H and O–H groups in total. The second kappa shape index (κ2) is 12.2. The summed E-state index contributed by atoms with van der Waals surface area (Å²) in [7, 11) is 1.56. The summed E-state index contributed by atoms with van der Waals surface area (Å²) in [5.74, 6) is 1.22. The summed E-state index contributed by atoms with van der Waals surface area (Å²) in [6, 6.07) is 11.7.